The third-order valence-electron chi connectivity index (χ3n) is 6.47. The molecule has 0 bridgehead atoms. The molecule has 0 radical (unpaired) electrons. The highest BCUT2D eigenvalue weighted by atomic mass is 16.5. The number of hydrogen-bond donors (Lipinski definition) is 1. The number of rotatable bonds is 6. The Morgan fingerprint density at radius 2 is 1.70 bits per heavy atom. The van der Waals surface area contributed by atoms with E-state index in [0.29, 0.717) is 17.9 Å². The van der Waals surface area contributed by atoms with Crippen molar-refractivity contribution >= 4 is 0 Å². The lowest BCUT2D eigenvalue weighted by Crippen LogP contribution is -2.57. The molecule has 2 saturated carbocycles. The van der Waals surface area contributed by atoms with Gasteiger partial charge in [0.2, 0.25) is 0 Å². The van der Waals surface area contributed by atoms with Gasteiger partial charge in [0, 0.05) is 42.4 Å². The molecular formula is C23H31N3O. The Hall–Kier alpha value is -1.94. The zero-order valence-corrected chi connectivity index (χ0v) is 16.7. The van der Waals surface area contributed by atoms with Crippen LogP contribution in [0.15, 0.2) is 36.7 Å². The molecule has 0 amide bonds. The Morgan fingerprint density at radius 3 is 2.33 bits per heavy atom. The molecule has 27 heavy (non-hydrogen) atoms. The zero-order valence-electron chi connectivity index (χ0n) is 16.7. The van der Waals surface area contributed by atoms with Crippen molar-refractivity contribution in [2.24, 2.45) is 11.8 Å². The first-order valence-electron chi connectivity index (χ1n) is 10.4. The summed E-state index contributed by atoms with van der Waals surface area (Å²) in [5, 5.41) is 3.85. The van der Waals surface area contributed by atoms with Gasteiger partial charge in [0.15, 0.2) is 0 Å². The molecule has 1 aromatic heterocycles. The van der Waals surface area contributed by atoms with E-state index >= 15 is 0 Å². The van der Waals surface area contributed by atoms with E-state index in [9.17, 15) is 0 Å². The Morgan fingerprint density at radius 1 is 1.04 bits per heavy atom. The third kappa shape index (κ3) is 3.73. The maximum atomic E-state index is 5.34. The van der Waals surface area contributed by atoms with Gasteiger partial charge in [-0.2, -0.15) is 0 Å². The Balaban J connectivity index is 1.46. The first-order chi connectivity index (χ1) is 13.2. The third-order valence-corrected chi connectivity index (χ3v) is 6.47. The van der Waals surface area contributed by atoms with E-state index in [4.69, 9.17) is 4.74 Å². The van der Waals surface area contributed by atoms with Crippen molar-refractivity contribution in [2.45, 2.75) is 64.0 Å². The van der Waals surface area contributed by atoms with Gasteiger partial charge in [-0.05, 0) is 42.4 Å². The molecule has 2 fully saturated rings. The summed E-state index contributed by atoms with van der Waals surface area (Å²) < 4.78 is 5.34. The molecule has 0 unspecified atom stereocenters. The quantitative estimate of drug-likeness (QED) is 0.808. The molecule has 1 aromatic carbocycles. The van der Waals surface area contributed by atoms with Crippen LogP contribution >= 0.6 is 0 Å². The van der Waals surface area contributed by atoms with E-state index in [0.717, 1.165) is 30.0 Å². The van der Waals surface area contributed by atoms with Gasteiger partial charge in [-0.1, -0.05) is 38.8 Å². The fraction of sp³-hybridized carbons (Fsp3) is 0.565. The lowest BCUT2D eigenvalue weighted by Gasteiger charge is -2.55. The second-order valence-electron chi connectivity index (χ2n) is 8.42. The van der Waals surface area contributed by atoms with Gasteiger partial charge in [-0.25, -0.2) is 9.97 Å². The number of nitrogens with one attached hydrogen (secondary N) is 1. The first-order valence-corrected chi connectivity index (χ1v) is 10.4. The summed E-state index contributed by atoms with van der Waals surface area (Å²) >= 11 is 0. The van der Waals surface area contributed by atoms with Crippen molar-refractivity contribution in [1.29, 1.82) is 0 Å². The summed E-state index contributed by atoms with van der Waals surface area (Å²) in [6.07, 6.45) is 9.44. The van der Waals surface area contributed by atoms with Gasteiger partial charge in [-0.3, -0.25) is 0 Å². The van der Waals surface area contributed by atoms with Crippen molar-refractivity contribution in [3.8, 4) is 5.75 Å². The molecule has 4 heteroatoms. The minimum Gasteiger partial charge on any atom is -0.497 e. The molecular weight excluding hydrogens is 334 g/mol. The largest absolute Gasteiger partial charge is 0.497 e. The number of nitrogens with zero attached hydrogens (tertiary/aromatic N) is 2. The van der Waals surface area contributed by atoms with Crippen molar-refractivity contribution < 1.29 is 4.74 Å². The fourth-order valence-electron chi connectivity index (χ4n) is 5.02. The highest BCUT2D eigenvalue weighted by Crippen LogP contribution is 2.54. The molecule has 4 nitrogen and oxygen atoms in total. The highest BCUT2D eigenvalue weighted by Gasteiger charge is 2.50. The van der Waals surface area contributed by atoms with Gasteiger partial charge in [-0.15, -0.1) is 0 Å². The summed E-state index contributed by atoms with van der Waals surface area (Å²) in [5.74, 6) is 4.47. The van der Waals surface area contributed by atoms with E-state index < -0.39 is 0 Å². The van der Waals surface area contributed by atoms with E-state index in [1.807, 2.05) is 12.4 Å². The minimum absolute atomic E-state index is 0.376. The summed E-state index contributed by atoms with van der Waals surface area (Å²) in [6.45, 7) is 5.10. The molecule has 1 heterocycles. The molecule has 4 atom stereocenters. The topological polar surface area (TPSA) is 47.0 Å². The minimum atomic E-state index is 0.376. The summed E-state index contributed by atoms with van der Waals surface area (Å²) in [5.41, 5.74) is 2.62. The van der Waals surface area contributed by atoms with Crippen LogP contribution in [0.5, 0.6) is 5.75 Å². The van der Waals surface area contributed by atoms with Crippen LogP contribution in [-0.4, -0.2) is 23.1 Å². The normalized spacial score (nSPS) is 27.1. The van der Waals surface area contributed by atoms with Crippen LogP contribution in [0.1, 0.15) is 68.3 Å². The molecule has 2 aliphatic rings. The fourth-order valence-corrected chi connectivity index (χ4v) is 5.02. The summed E-state index contributed by atoms with van der Waals surface area (Å²) in [4.78, 5) is 9.03. The number of ether oxygens (including phenoxy) is 1. The molecule has 144 valence electrons. The van der Waals surface area contributed by atoms with Crippen LogP contribution in [0.2, 0.25) is 0 Å². The average Bonchev–Trinajstić information content (AvgIpc) is 2.70. The van der Waals surface area contributed by atoms with Gasteiger partial charge >= 0.3 is 0 Å². The number of aromatic nitrogens is 2. The van der Waals surface area contributed by atoms with Gasteiger partial charge in [0.05, 0.1) is 7.11 Å². The average molecular weight is 366 g/mol. The standard InChI is InChI=1S/C23H31N3O/c1-15(2)23-25-13-16(14-26-23)12-24-22-20-7-5-4-6-19(20)21(22)17-8-10-18(27-3)11-9-17/h8-11,13-15,19-22,24H,4-7,12H2,1-3H3/t19-,20-,21+,22+/m1/s1. The van der Waals surface area contributed by atoms with Crippen LogP contribution < -0.4 is 10.1 Å². The highest BCUT2D eigenvalue weighted by molar-refractivity contribution is 5.33. The molecule has 0 aliphatic heterocycles. The molecule has 2 aromatic rings. The van der Waals surface area contributed by atoms with Gasteiger partial charge < -0.3 is 10.1 Å². The Labute approximate surface area is 162 Å². The number of hydrogen-bond acceptors (Lipinski definition) is 4. The maximum Gasteiger partial charge on any atom is 0.130 e. The van der Waals surface area contributed by atoms with E-state index in [1.165, 1.54) is 36.8 Å². The molecule has 4 rings (SSSR count). The number of fused-ring (bicyclic) bond motifs is 1. The summed E-state index contributed by atoms with van der Waals surface area (Å²) in [6, 6.07) is 9.25. The van der Waals surface area contributed by atoms with Crippen LogP contribution in [0.4, 0.5) is 0 Å². The van der Waals surface area contributed by atoms with E-state index in [1.54, 1.807) is 7.11 Å². The predicted octanol–water partition coefficient (Wildman–Crippen LogP) is 4.67. The van der Waals surface area contributed by atoms with Crippen LogP contribution in [0.25, 0.3) is 0 Å². The first kappa shape index (κ1) is 18.4. The van der Waals surface area contributed by atoms with Gasteiger partial charge in [0.1, 0.15) is 11.6 Å². The molecule has 0 saturated heterocycles. The number of benzene rings is 1. The maximum absolute atomic E-state index is 5.34. The van der Waals surface area contributed by atoms with Gasteiger partial charge in [0.25, 0.3) is 0 Å². The smallest absolute Gasteiger partial charge is 0.130 e. The number of methoxy groups -OCH3 is 1. The monoisotopic (exact) mass is 365 g/mol. The second-order valence-corrected chi connectivity index (χ2v) is 8.42. The predicted molar refractivity (Wildman–Crippen MR) is 108 cm³/mol. The molecule has 2 aliphatic carbocycles. The lowest BCUT2D eigenvalue weighted by molar-refractivity contribution is 0.0253. The SMILES string of the molecule is COc1ccc([C@H]2[C@@H]3CCCC[C@H]3[C@@H]2NCc2cnc(C(C)C)nc2)cc1. The van der Waals surface area contributed by atoms with Crippen molar-refractivity contribution in [3.05, 3.63) is 53.6 Å². The van der Waals surface area contributed by atoms with Crippen molar-refractivity contribution in [1.82, 2.24) is 15.3 Å². The molecule has 1 N–H and O–H groups in total. The lowest BCUT2D eigenvalue weighted by atomic mass is 9.53. The Bertz CT molecular complexity index is 741. The van der Waals surface area contributed by atoms with E-state index in [2.05, 4.69) is 53.4 Å². The second kappa shape index (κ2) is 7.97. The summed E-state index contributed by atoms with van der Waals surface area (Å²) in [7, 11) is 1.73. The van der Waals surface area contributed by atoms with Crippen molar-refractivity contribution in [3.63, 3.8) is 0 Å². The Kier molecular flexibility index (Phi) is 5.44. The van der Waals surface area contributed by atoms with Crippen LogP contribution in [0.3, 0.4) is 0 Å². The van der Waals surface area contributed by atoms with Crippen LogP contribution in [-0.2, 0) is 6.54 Å². The van der Waals surface area contributed by atoms with Crippen LogP contribution in [0, 0.1) is 11.8 Å². The zero-order chi connectivity index (χ0) is 18.8. The van der Waals surface area contributed by atoms with E-state index in [-0.39, 0.29) is 0 Å². The van der Waals surface area contributed by atoms with Crippen molar-refractivity contribution in [2.75, 3.05) is 7.11 Å². The molecule has 0 spiro atoms.